The molecule has 0 aliphatic carbocycles. The van der Waals surface area contributed by atoms with Gasteiger partial charge in [0.25, 0.3) is 0 Å². The normalized spacial score (nSPS) is 10.3. The highest BCUT2D eigenvalue weighted by molar-refractivity contribution is 6.31. The summed E-state index contributed by atoms with van der Waals surface area (Å²) in [7, 11) is 1.48. The van der Waals surface area contributed by atoms with E-state index in [-0.39, 0.29) is 5.56 Å². The molecular weight excluding hydrogens is 271 g/mol. The molecule has 0 aliphatic heterocycles. The van der Waals surface area contributed by atoms with Crippen molar-refractivity contribution in [3.63, 3.8) is 0 Å². The predicted molar refractivity (Wildman–Crippen MR) is 70.4 cm³/mol. The minimum Gasteiger partial charge on any atom is -0.496 e. The van der Waals surface area contributed by atoms with Crippen molar-refractivity contribution >= 4 is 17.6 Å². The number of carboxylic acid groups (broad SMARTS) is 1. The Hall–Kier alpha value is -2.07. The summed E-state index contributed by atoms with van der Waals surface area (Å²) < 4.78 is 18.6. The summed E-state index contributed by atoms with van der Waals surface area (Å²) in [6.07, 6.45) is 0. The number of halogens is 2. The lowest BCUT2D eigenvalue weighted by Crippen LogP contribution is -1.98. The Kier molecular flexibility index (Phi) is 3.71. The molecule has 2 rings (SSSR count). The van der Waals surface area contributed by atoms with Crippen LogP contribution in [-0.4, -0.2) is 18.2 Å². The summed E-state index contributed by atoms with van der Waals surface area (Å²) in [4.78, 5) is 10.9. The van der Waals surface area contributed by atoms with Gasteiger partial charge in [-0.25, -0.2) is 9.18 Å². The molecular formula is C14H10ClFO3. The van der Waals surface area contributed by atoms with Crippen LogP contribution in [0.25, 0.3) is 11.1 Å². The van der Waals surface area contributed by atoms with Crippen LogP contribution in [0.15, 0.2) is 36.4 Å². The Morgan fingerprint density at radius 2 is 2.00 bits per heavy atom. The molecule has 98 valence electrons. The van der Waals surface area contributed by atoms with Crippen molar-refractivity contribution in [3.05, 3.63) is 52.8 Å². The van der Waals surface area contributed by atoms with Gasteiger partial charge in [-0.1, -0.05) is 11.6 Å². The summed E-state index contributed by atoms with van der Waals surface area (Å²) in [6, 6.07) is 8.45. The van der Waals surface area contributed by atoms with E-state index in [0.717, 1.165) is 6.07 Å². The van der Waals surface area contributed by atoms with E-state index in [9.17, 15) is 9.18 Å². The first-order chi connectivity index (χ1) is 9.01. The maximum Gasteiger partial charge on any atom is 0.335 e. The van der Waals surface area contributed by atoms with E-state index in [1.54, 1.807) is 18.2 Å². The lowest BCUT2D eigenvalue weighted by Gasteiger charge is -2.10. The molecule has 0 spiro atoms. The Morgan fingerprint density at radius 1 is 1.26 bits per heavy atom. The second kappa shape index (κ2) is 5.28. The van der Waals surface area contributed by atoms with Crippen LogP contribution >= 0.6 is 11.6 Å². The van der Waals surface area contributed by atoms with E-state index in [4.69, 9.17) is 21.4 Å². The summed E-state index contributed by atoms with van der Waals surface area (Å²) in [5.74, 6) is -1.33. The van der Waals surface area contributed by atoms with Crippen LogP contribution in [0.1, 0.15) is 10.4 Å². The largest absolute Gasteiger partial charge is 0.496 e. The van der Waals surface area contributed by atoms with Crippen molar-refractivity contribution in [1.29, 1.82) is 0 Å². The number of rotatable bonds is 3. The molecule has 0 radical (unpaired) electrons. The molecule has 0 bridgehead atoms. The van der Waals surface area contributed by atoms with Crippen molar-refractivity contribution in [2.75, 3.05) is 7.11 Å². The van der Waals surface area contributed by atoms with Gasteiger partial charge in [0.2, 0.25) is 0 Å². The average Bonchev–Trinajstić information content (AvgIpc) is 2.37. The molecule has 2 aromatic rings. The van der Waals surface area contributed by atoms with Gasteiger partial charge in [-0.3, -0.25) is 0 Å². The van der Waals surface area contributed by atoms with Crippen molar-refractivity contribution < 1.29 is 19.0 Å². The molecule has 2 aromatic carbocycles. The van der Waals surface area contributed by atoms with Gasteiger partial charge < -0.3 is 9.84 Å². The van der Waals surface area contributed by atoms with E-state index in [1.807, 2.05) is 0 Å². The summed E-state index contributed by atoms with van der Waals surface area (Å²) in [6.45, 7) is 0. The maximum absolute atomic E-state index is 13.5. The average molecular weight is 281 g/mol. The van der Waals surface area contributed by atoms with Gasteiger partial charge in [-0.15, -0.1) is 0 Å². The lowest BCUT2D eigenvalue weighted by atomic mass is 10.0. The highest BCUT2D eigenvalue weighted by Gasteiger charge is 2.12. The van der Waals surface area contributed by atoms with Crippen LogP contribution in [0.2, 0.25) is 5.02 Å². The lowest BCUT2D eigenvalue weighted by molar-refractivity contribution is 0.0696. The smallest absolute Gasteiger partial charge is 0.335 e. The van der Waals surface area contributed by atoms with Gasteiger partial charge in [-0.05, 0) is 42.0 Å². The van der Waals surface area contributed by atoms with Crippen LogP contribution in [0.3, 0.4) is 0 Å². The monoisotopic (exact) mass is 280 g/mol. The van der Waals surface area contributed by atoms with E-state index in [0.29, 0.717) is 21.9 Å². The summed E-state index contributed by atoms with van der Waals surface area (Å²) in [5, 5.41) is 9.39. The minimum atomic E-state index is -1.19. The molecule has 1 N–H and O–H groups in total. The van der Waals surface area contributed by atoms with Gasteiger partial charge in [0.15, 0.2) is 0 Å². The van der Waals surface area contributed by atoms with Crippen LogP contribution in [0.5, 0.6) is 5.75 Å². The number of aromatic carboxylic acids is 1. The molecule has 19 heavy (non-hydrogen) atoms. The molecule has 0 aromatic heterocycles. The fourth-order valence-corrected chi connectivity index (χ4v) is 1.95. The fourth-order valence-electron chi connectivity index (χ4n) is 1.77. The first kappa shape index (κ1) is 13.4. The van der Waals surface area contributed by atoms with Crippen LogP contribution < -0.4 is 4.74 Å². The quantitative estimate of drug-likeness (QED) is 0.929. The Morgan fingerprint density at radius 3 is 2.63 bits per heavy atom. The molecule has 0 aliphatic rings. The van der Waals surface area contributed by atoms with Crippen molar-refractivity contribution in [3.8, 4) is 16.9 Å². The first-order valence-electron chi connectivity index (χ1n) is 5.39. The second-order valence-corrected chi connectivity index (χ2v) is 4.31. The van der Waals surface area contributed by atoms with Crippen LogP contribution in [-0.2, 0) is 0 Å². The van der Waals surface area contributed by atoms with Gasteiger partial charge in [0, 0.05) is 10.6 Å². The van der Waals surface area contributed by atoms with Crippen LogP contribution in [0.4, 0.5) is 4.39 Å². The Labute approximate surface area is 114 Å². The van der Waals surface area contributed by atoms with Crippen molar-refractivity contribution in [2.24, 2.45) is 0 Å². The zero-order chi connectivity index (χ0) is 14.0. The minimum absolute atomic E-state index is 0.128. The van der Waals surface area contributed by atoms with E-state index >= 15 is 0 Å². The third kappa shape index (κ3) is 2.85. The third-order valence-electron chi connectivity index (χ3n) is 2.62. The first-order valence-corrected chi connectivity index (χ1v) is 5.77. The highest BCUT2D eigenvalue weighted by atomic mass is 35.5. The second-order valence-electron chi connectivity index (χ2n) is 3.88. The van der Waals surface area contributed by atoms with Gasteiger partial charge >= 0.3 is 5.97 Å². The fraction of sp³-hybridized carbons (Fsp3) is 0.0714. The SMILES string of the molecule is COc1ccc(Cl)cc1-c1cc(F)cc(C(=O)O)c1. The molecule has 3 nitrogen and oxygen atoms in total. The zero-order valence-electron chi connectivity index (χ0n) is 9.98. The van der Waals surface area contributed by atoms with Crippen molar-refractivity contribution in [1.82, 2.24) is 0 Å². The Balaban J connectivity index is 2.64. The highest BCUT2D eigenvalue weighted by Crippen LogP contribution is 2.33. The number of carboxylic acids is 1. The third-order valence-corrected chi connectivity index (χ3v) is 2.85. The molecule has 0 saturated heterocycles. The van der Waals surface area contributed by atoms with E-state index in [2.05, 4.69) is 0 Å². The number of methoxy groups -OCH3 is 1. The van der Waals surface area contributed by atoms with Gasteiger partial charge in [-0.2, -0.15) is 0 Å². The summed E-state index contributed by atoms with van der Waals surface area (Å²) in [5.41, 5.74) is 0.811. The van der Waals surface area contributed by atoms with Crippen molar-refractivity contribution in [2.45, 2.75) is 0 Å². The molecule has 0 atom stereocenters. The van der Waals surface area contributed by atoms with Crippen LogP contribution in [0, 0.1) is 5.82 Å². The summed E-state index contributed by atoms with van der Waals surface area (Å²) >= 11 is 5.90. The number of hydrogen-bond donors (Lipinski definition) is 1. The van der Waals surface area contributed by atoms with Gasteiger partial charge in [0.1, 0.15) is 11.6 Å². The number of benzene rings is 2. The maximum atomic E-state index is 13.5. The molecule has 0 heterocycles. The molecule has 0 amide bonds. The molecule has 0 fully saturated rings. The van der Waals surface area contributed by atoms with E-state index in [1.165, 1.54) is 19.2 Å². The zero-order valence-corrected chi connectivity index (χ0v) is 10.7. The Bertz CT molecular complexity index is 641. The number of ether oxygens (including phenoxy) is 1. The molecule has 0 saturated carbocycles. The predicted octanol–water partition coefficient (Wildman–Crippen LogP) is 3.85. The topological polar surface area (TPSA) is 46.5 Å². The van der Waals surface area contributed by atoms with E-state index < -0.39 is 11.8 Å². The number of hydrogen-bond acceptors (Lipinski definition) is 2. The molecule has 0 unspecified atom stereocenters. The standard InChI is InChI=1S/C14H10ClFO3/c1-19-13-3-2-10(15)7-12(13)8-4-9(14(17)18)6-11(16)5-8/h2-7H,1H3,(H,17,18). The van der Waals surface area contributed by atoms with Gasteiger partial charge in [0.05, 0.1) is 12.7 Å². The number of carbonyl (C=O) groups is 1. The molecule has 5 heteroatoms.